The zero-order valence-corrected chi connectivity index (χ0v) is 9.76. The van der Waals surface area contributed by atoms with Crippen LogP contribution in [0.15, 0.2) is 24.3 Å². The largest absolute Gasteiger partial charge is 0.399 e. The van der Waals surface area contributed by atoms with Crippen LogP contribution in [0.1, 0.15) is 25.3 Å². The van der Waals surface area contributed by atoms with Gasteiger partial charge in [-0.3, -0.25) is 4.90 Å². The molecule has 0 aromatic heterocycles. The Morgan fingerprint density at radius 1 is 1.44 bits per heavy atom. The number of nitrogen functional groups attached to an aromatic ring is 1. The van der Waals surface area contributed by atoms with Gasteiger partial charge in [0.1, 0.15) is 0 Å². The highest BCUT2D eigenvalue weighted by molar-refractivity contribution is 5.39. The molecule has 0 spiro atoms. The first-order valence-corrected chi connectivity index (χ1v) is 5.93. The van der Waals surface area contributed by atoms with Crippen LogP contribution in [0.5, 0.6) is 0 Å². The lowest BCUT2D eigenvalue weighted by Crippen LogP contribution is -2.36. The summed E-state index contributed by atoms with van der Waals surface area (Å²) < 4.78 is 0. The fourth-order valence-corrected chi connectivity index (χ4v) is 2.45. The highest BCUT2D eigenvalue weighted by atomic mass is 16.3. The maximum Gasteiger partial charge on any atom is 0.0667 e. The highest BCUT2D eigenvalue weighted by Gasteiger charge is 2.27. The number of nitrogens with two attached hydrogens (primary N) is 1. The fourth-order valence-electron chi connectivity index (χ4n) is 2.45. The van der Waals surface area contributed by atoms with E-state index in [0.29, 0.717) is 6.04 Å². The first-order valence-electron chi connectivity index (χ1n) is 5.93. The summed E-state index contributed by atoms with van der Waals surface area (Å²) in [5.74, 6) is 0. The molecule has 0 aliphatic carbocycles. The van der Waals surface area contributed by atoms with Crippen LogP contribution >= 0.6 is 0 Å². The van der Waals surface area contributed by atoms with Crippen molar-refractivity contribution < 1.29 is 5.11 Å². The third-order valence-corrected chi connectivity index (χ3v) is 3.34. The van der Waals surface area contributed by atoms with Gasteiger partial charge in [0.05, 0.1) is 6.10 Å². The smallest absolute Gasteiger partial charge is 0.0667 e. The predicted octanol–water partition coefficient (Wildman–Crippen LogP) is 1.61. The Morgan fingerprint density at radius 3 is 2.75 bits per heavy atom. The molecule has 2 rings (SSSR count). The van der Waals surface area contributed by atoms with E-state index in [9.17, 15) is 5.11 Å². The SMILES string of the molecule is C[C@H](O)[C@H]1CCCN1Cc1ccc(N)cc1. The summed E-state index contributed by atoms with van der Waals surface area (Å²) in [5.41, 5.74) is 7.73. The zero-order chi connectivity index (χ0) is 11.5. The summed E-state index contributed by atoms with van der Waals surface area (Å²) in [6.45, 7) is 3.88. The number of hydrogen-bond donors (Lipinski definition) is 2. The summed E-state index contributed by atoms with van der Waals surface area (Å²) in [4.78, 5) is 2.36. The van der Waals surface area contributed by atoms with Crippen molar-refractivity contribution in [3.63, 3.8) is 0 Å². The van der Waals surface area contributed by atoms with E-state index in [2.05, 4.69) is 17.0 Å². The number of aliphatic hydroxyl groups is 1. The van der Waals surface area contributed by atoms with E-state index in [1.165, 1.54) is 12.0 Å². The van der Waals surface area contributed by atoms with Gasteiger partial charge in [0.15, 0.2) is 0 Å². The van der Waals surface area contributed by atoms with E-state index in [-0.39, 0.29) is 6.10 Å². The monoisotopic (exact) mass is 220 g/mol. The third kappa shape index (κ3) is 2.54. The molecule has 3 nitrogen and oxygen atoms in total. The Balaban J connectivity index is 2.01. The molecule has 1 aromatic rings. The lowest BCUT2D eigenvalue weighted by atomic mass is 10.1. The Morgan fingerprint density at radius 2 is 2.12 bits per heavy atom. The predicted molar refractivity (Wildman–Crippen MR) is 66.0 cm³/mol. The molecule has 1 heterocycles. The molecule has 0 amide bonds. The number of hydrogen-bond acceptors (Lipinski definition) is 3. The molecule has 3 N–H and O–H groups in total. The van der Waals surface area contributed by atoms with Gasteiger partial charge in [-0.05, 0) is 44.0 Å². The number of likely N-dealkylation sites (tertiary alicyclic amines) is 1. The van der Waals surface area contributed by atoms with Crippen molar-refractivity contribution in [1.82, 2.24) is 4.90 Å². The Labute approximate surface area is 96.9 Å². The van der Waals surface area contributed by atoms with Crippen LogP contribution in [0.4, 0.5) is 5.69 Å². The maximum atomic E-state index is 9.68. The van der Waals surface area contributed by atoms with Gasteiger partial charge in [-0.15, -0.1) is 0 Å². The second-order valence-corrected chi connectivity index (χ2v) is 4.66. The highest BCUT2D eigenvalue weighted by Crippen LogP contribution is 2.22. The first-order chi connectivity index (χ1) is 7.66. The van der Waals surface area contributed by atoms with E-state index in [1.807, 2.05) is 19.1 Å². The first kappa shape index (κ1) is 11.4. The van der Waals surface area contributed by atoms with E-state index in [0.717, 1.165) is 25.2 Å². The molecule has 1 fully saturated rings. The standard InChI is InChI=1S/C13H20N2O/c1-10(16)13-3-2-8-15(13)9-11-4-6-12(14)7-5-11/h4-7,10,13,16H,2-3,8-9,14H2,1H3/t10-,13+/m0/s1. The molecule has 0 bridgehead atoms. The van der Waals surface area contributed by atoms with Gasteiger partial charge in [-0.25, -0.2) is 0 Å². The average Bonchev–Trinajstić information content (AvgIpc) is 2.69. The molecule has 1 saturated heterocycles. The van der Waals surface area contributed by atoms with Crippen LogP contribution in [-0.2, 0) is 6.54 Å². The molecule has 1 aliphatic heterocycles. The molecule has 16 heavy (non-hydrogen) atoms. The van der Waals surface area contributed by atoms with Gasteiger partial charge < -0.3 is 10.8 Å². The van der Waals surface area contributed by atoms with Crippen molar-refractivity contribution in [2.24, 2.45) is 0 Å². The van der Waals surface area contributed by atoms with E-state index in [1.54, 1.807) is 0 Å². The van der Waals surface area contributed by atoms with Crippen molar-refractivity contribution >= 4 is 5.69 Å². The molecule has 0 saturated carbocycles. The summed E-state index contributed by atoms with van der Waals surface area (Å²) in [5, 5.41) is 9.68. The van der Waals surface area contributed by atoms with Crippen molar-refractivity contribution in [3.05, 3.63) is 29.8 Å². The van der Waals surface area contributed by atoms with Crippen LogP contribution in [0, 0.1) is 0 Å². The summed E-state index contributed by atoms with van der Waals surface area (Å²) in [6, 6.07) is 8.31. The topological polar surface area (TPSA) is 49.5 Å². The number of benzene rings is 1. The number of nitrogens with zero attached hydrogens (tertiary/aromatic N) is 1. The molecule has 1 aliphatic rings. The van der Waals surface area contributed by atoms with E-state index < -0.39 is 0 Å². The van der Waals surface area contributed by atoms with Crippen molar-refractivity contribution in [3.8, 4) is 0 Å². The summed E-state index contributed by atoms with van der Waals surface area (Å²) >= 11 is 0. The molecule has 3 heteroatoms. The van der Waals surface area contributed by atoms with E-state index in [4.69, 9.17) is 5.73 Å². The minimum atomic E-state index is -0.240. The minimum absolute atomic E-state index is 0.240. The van der Waals surface area contributed by atoms with Crippen LogP contribution in [0.25, 0.3) is 0 Å². The normalized spacial score (nSPS) is 23.5. The third-order valence-electron chi connectivity index (χ3n) is 3.34. The van der Waals surface area contributed by atoms with Crippen molar-refractivity contribution in [2.75, 3.05) is 12.3 Å². The van der Waals surface area contributed by atoms with Crippen LogP contribution in [0.2, 0.25) is 0 Å². The van der Waals surface area contributed by atoms with Gasteiger partial charge in [0, 0.05) is 18.3 Å². The number of anilines is 1. The molecule has 88 valence electrons. The molecule has 0 unspecified atom stereocenters. The van der Waals surface area contributed by atoms with Gasteiger partial charge in [0.25, 0.3) is 0 Å². The molecular weight excluding hydrogens is 200 g/mol. The van der Waals surface area contributed by atoms with Gasteiger partial charge in [-0.1, -0.05) is 12.1 Å². The van der Waals surface area contributed by atoms with Gasteiger partial charge >= 0.3 is 0 Å². The fraction of sp³-hybridized carbons (Fsp3) is 0.538. The minimum Gasteiger partial charge on any atom is -0.399 e. The summed E-state index contributed by atoms with van der Waals surface area (Å²) in [6.07, 6.45) is 2.05. The lowest BCUT2D eigenvalue weighted by molar-refractivity contribution is 0.0828. The number of rotatable bonds is 3. The van der Waals surface area contributed by atoms with Crippen LogP contribution in [-0.4, -0.2) is 28.7 Å². The second kappa shape index (κ2) is 4.85. The van der Waals surface area contributed by atoms with Crippen molar-refractivity contribution in [2.45, 2.75) is 38.5 Å². The summed E-state index contributed by atoms with van der Waals surface area (Å²) in [7, 11) is 0. The number of aliphatic hydroxyl groups excluding tert-OH is 1. The van der Waals surface area contributed by atoms with E-state index >= 15 is 0 Å². The van der Waals surface area contributed by atoms with Gasteiger partial charge in [-0.2, -0.15) is 0 Å². The second-order valence-electron chi connectivity index (χ2n) is 4.66. The molecule has 0 radical (unpaired) electrons. The zero-order valence-electron chi connectivity index (χ0n) is 9.76. The van der Waals surface area contributed by atoms with Crippen molar-refractivity contribution in [1.29, 1.82) is 0 Å². The maximum absolute atomic E-state index is 9.68. The van der Waals surface area contributed by atoms with Crippen LogP contribution < -0.4 is 5.73 Å². The molecule has 2 atom stereocenters. The van der Waals surface area contributed by atoms with Crippen LogP contribution in [0.3, 0.4) is 0 Å². The Hall–Kier alpha value is -1.06. The Bertz CT molecular complexity index is 334. The Kier molecular flexibility index (Phi) is 3.46. The average molecular weight is 220 g/mol. The van der Waals surface area contributed by atoms with Gasteiger partial charge in [0.2, 0.25) is 0 Å². The molecular formula is C13H20N2O. The molecule has 1 aromatic carbocycles. The lowest BCUT2D eigenvalue weighted by Gasteiger charge is -2.26. The quantitative estimate of drug-likeness (QED) is 0.761.